The minimum atomic E-state index is -4.53. The minimum Gasteiger partial charge on any atom is -0.305 e. The van der Waals surface area contributed by atoms with E-state index in [0.717, 1.165) is 6.07 Å². The molecule has 3 heterocycles. The van der Waals surface area contributed by atoms with Crippen molar-refractivity contribution in [2.75, 3.05) is 5.32 Å². The summed E-state index contributed by atoms with van der Waals surface area (Å²) in [5.74, 6) is -0.304. The summed E-state index contributed by atoms with van der Waals surface area (Å²) in [6.07, 6.45) is 1.13. The number of anilines is 1. The predicted octanol–water partition coefficient (Wildman–Crippen LogP) is 3.77. The van der Waals surface area contributed by atoms with Crippen molar-refractivity contribution < 1.29 is 18.0 Å². The molecule has 0 aliphatic carbocycles. The lowest BCUT2D eigenvalue weighted by Gasteiger charge is -2.12. The highest BCUT2D eigenvalue weighted by Crippen LogP contribution is 2.36. The van der Waals surface area contributed by atoms with Crippen LogP contribution < -0.4 is 5.32 Å². The first-order valence-corrected chi connectivity index (χ1v) is 8.44. The second-order valence-electron chi connectivity index (χ2n) is 6.18. The van der Waals surface area contributed by atoms with Gasteiger partial charge in [0.25, 0.3) is 5.91 Å². The monoisotopic (exact) mass is 398 g/mol. The van der Waals surface area contributed by atoms with Gasteiger partial charge in [-0.2, -0.15) is 18.3 Å². The van der Waals surface area contributed by atoms with Gasteiger partial charge < -0.3 is 5.32 Å². The van der Waals surface area contributed by atoms with Crippen LogP contribution in [0.4, 0.5) is 19.0 Å². The quantitative estimate of drug-likeness (QED) is 0.568. The van der Waals surface area contributed by atoms with Crippen molar-refractivity contribution in [1.29, 1.82) is 0 Å². The first-order chi connectivity index (χ1) is 13.8. The number of carbonyl (C=O) groups excluding carboxylic acids is 1. The molecular weight excluding hydrogens is 385 g/mol. The molecule has 0 aliphatic rings. The summed E-state index contributed by atoms with van der Waals surface area (Å²) < 4.78 is 41.4. The van der Waals surface area contributed by atoms with Crippen molar-refractivity contribution in [3.8, 4) is 11.3 Å². The molecule has 0 saturated heterocycles. The van der Waals surface area contributed by atoms with Crippen LogP contribution in [-0.4, -0.2) is 30.5 Å². The Kier molecular flexibility index (Phi) is 4.45. The Morgan fingerprint density at radius 3 is 2.62 bits per heavy atom. The minimum absolute atomic E-state index is 0.0790. The van der Waals surface area contributed by atoms with E-state index in [4.69, 9.17) is 0 Å². The second-order valence-corrected chi connectivity index (χ2v) is 6.18. The largest absolute Gasteiger partial charge is 0.417 e. The average molecular weight is 398 g/mol. The molecule has 1 aromatic carbocycles. The van der Waals surface area contributed by atoms with Crippen LogP contribution in [0.2, 0.25) is 0 Å². The van der Waals surface area contributed by atoms with E-state index in [9.17, 15) is 18.0 Å². The van der Waals surface area contributed by atoms with E-state index in [1.165, 1.54) is 53.6 Å². The summed E-state index contributed by atoms with van der Waals surface area (Å²) in [5, 5.41) is 6.63. The zero-order valence-corrected chi connectivity index (χ0v) is 15.0. The number of hydrogen-bond acceptors (Lipinski definition) is 5. The number of nitrogens with one attached hydrogen (secondary N) is 1. The van der Waals surface area contributed by atoms with Gasteiger partial charge in [0.2, 0.25) is 0 Å². The third-order valence-corrected chi connectivity index (χ3v) is 4.12. The van der Waals surface area contributed by atoms with E-state index < -0.39 is 17.6 Å². The van der Waals surface area contributed by atoms with Gasteiger partial charge in [-0.25, -0.2) is 14.5 Å². The van der Waals surface area contributed by atoms with Gasteiger partial charge in [-0.3, -0.25) is 9.78 Å². The van der Waals surface area contributed by atoms with Crippen LogP contribution >= 0.6 is 0 Å². The molecule has 146 valence electrons. The van der Waals surface area contributed by atoms with Crippen LogP contribution in [0.3, 0.4) is 0 Å². The molecule has 1 N–H and O–H groups in total. The number of halogens is 3. The van der Waals surface area contributed by atoms with Gasteiger partial charge in [-0.1, -0.05) is 18.2 Å². The SMILES string of the molecule is Cc1cncc(NC(=O)c2cnn3ccc(-c4ccccc4C(F)(F)F)nc23)n1. The number of amides is 1. The highest BCUT2D eigenvalue weighted by atomic mass is 19.4. The molecule has 0 unspecified atom stereocenters. The van der Waals surface area contributed by atoms with Crippen LogP contribution in [-0.2, 0) is 6.18 Å². The molecule has 0 radical (unpaired) electrons. The smallest absolute Gasteiger partial charge is 0.305 e. The maximum absolute atomic E-state index is 13.3. The molecule has 0 bridgehead atoms. The van der Waals surface area contributed by atoms with E-state index in [1.54, 1.807) is 6.92 Å². The van der Waals surface area contributed by atoms with Gasteiger partial charge in [0.15, 0.2) is 11.5 Å². The van der Waals surface area contributed by atoms with E-state index in [0.29, 0.717) is 5.69 Å². The summed E-state index contributed by atoms with van der Waals surface area (Å²) in [4.78, 5) is 25.0. The Bertz CT molecular complexity index is 1220. The summed E-state index contributed by atoms with van der Waals surface area (Å²) >= 11 is 0. The lowest BCUT2D eigenvalue weighted by atomic mass is 10.0. The zero-order chi connectivity index (χ0) is 20.6. The molecule has 3 aromatic heterocycles. The van der Waals surface area contributed by atoms with E-state index >= 15 is 0 Å². The Morgan fingerprint density at radius 2 is 1.86 bits per heavy atom. The summed E-state index contributed by atoms with van der Waals surface area (Å²) in [5.41, 5.74) is 0.0244. The number of alkyl halides is 3. The summed E-state index contributed by atoms with van der Waals surface area (Å²) in [7, 11) is 0. The number of aromatic nitrogens is 5. The normalized spacial score (nSPS) is 11.6. The Morgan fingerprint density at radius 1 is 1.07 bits per heavy atom. The third-order valence-electron chi connectivity index (χ3n) is 4.12. The van der Waals surface area contributed by atoms with Crippen molar-refractivity contribution in [3.63, 3.8) is 0 Å². The van der Waals surface area contributed by atoms with Crippen LogP contribution in [0.15, 0.2) is 55.1 Å². The molecule has 4 rings (SSSR count). The van der Waals surface area contributed by atoms with Gasteiger partial charge in [-0.05, 0) is 19.1 Å². The fourth-order valence-electron chi connectivity index (χ4n) is 2.84. The molecule has 0 fully saturated rings. The first kappa shape index (κ1) is 18.5. The molecule has 0 atom stereocenters. The van der Waals surface area contributed by atoms with Crippen LogP contribution in [0.1, 0.15) is 21.6 Å². The number of hydrogen-bond donors (Lipinski definition) is 1. The Hall–Kier alpha value is -3.82. The highest BCUT2D eigenvalue weighted by Gasteiger charge is 2.33. The summed E-state index contributed by atoms with van der Waals surface area (Å²) in [6.45, 7) is 1.73. The molecule has 0 saturated carbocycles. The second kappa shape index (κ2) is 6.97. The fraction of sp³-hybridized carbons (Fsp3) is 0.105. The highest BCUT2D eigenvalue weighted by molar-refractivity contribution is 6.07. The third kappa shape index (κ3) is 3.64. The van der Waals surface area contributed by atoms with Crippen molar-refractivity contribution in [1.82, 2.24) is 24.6 Å². The summed E-state index contributed by atoms with van der Waals surface area (Å²) in [6, 6.07) is 6.54. The zero-order valence-electron chi connectivity index (χ0n) is 15.0. The predicted molar refractivity (Wildman–Crippen MR) is 98.1 cm³/mol. The molecule has 0 spiro atoms. The number of nitrogens with zero attached hydrogens (tertiary/aromatic N) is 5. The van der Waals surface area contributed by atoms with E-state index in [-0.39, 0.29) is 28.3 Å². The molecule has 0 aliphatic heterocycles. The number of carbonyl (C=O) groups is 1. The topological polar surface area (TPSA) is 85.1 Å². The average Bonchev–Trinajstić information content (AvgIpc) is 3.10. The molecular formula is C19H13F3N6O. The van der Waals surface area contributed by atoms with E-state index in [1.807, 2.05) is 0 Å². The Balaban J connectivity index is 1.75. The van der Waals surface area contributed by atoms with E-state index in [2.05, 4.69) is 25.4 Å². The van der Waals surface area contributed by atoms with Gasteiger partial charge in [0, 0.05) is 18.0 Å². The number of fused-ring (bicyclic) bond motifs is 1. The maximum Gasteiger partial charge on any atom is 0.417 e. The van der Waals surface area contributed by atoms with Crippen molar-refractivity contribution in [2.45, 2.75) is 13.1 Å². The standard InChI is InChI=1S/C19H13F3N6O/c1-11-8-23-10-16(25-11)27-18(29)13-9-24-28-7-6-15(26-17(13)28)12-4-2-3-5-14(12)19(20,21)22/h2-10H,1H3,(H,25,27,29). The maximum atomic E-state index is 13.3. The molecule has 1 amide bonds. The van der Waals surface area contributed by atoms with Gasteiger partial charge in [0.05, 0.1) is 29.3 Å². The lowest BCUT2D eigenvalue weighted by molar-refractivity contribution is -0.137. The van der Waals surface area contributed by atoms with Gasteiger partial charge in [0.1, 0.15) is 5.56 Å². The Labute approximate surface area is 162 Å². The first-order valence-electron chi connectivity index (χ1n) is 8.44. The number of benzene rings is 1. The van der Waals surface area contributed by atoms with Crippen molar-refractivity contribution in [3.05, 3.63) is 71.9 Å². The van der Waals surface area contributed by atoms with Gasteiger partial charge in [-0.15, -0.1) is 0 Å². The van der Waals surface area contributed by atoms with Crippen LogP contribution in [0.25, 0.3) is 16.9 Å². The molecule has 4 aromatic rings. The van der Waals surface area contributed by atoms with Crippen molar-refractivity contribution in [2.24, 2.45) is 0 Å². The van der Waals surface area contributed by atoms with Gasteiger partial charge >= 0.3 is 6.18 Å². The number of rotatable bonds is 3. The fourth-order valence-corrected chi connectivity index (χ4v) is 2.84. The molecule has 10 heteroatoms. The van der Waals surface area contributed by atoms with Crippen LogP contribution in [0.5, 0.6) is 0 Å². The lowest BCUT2D eigenvalue weighted by Crippen LogP contribution is -2.14. The number of aryl methyl sites for hydroxylation is 1. The molecule has 29 heavy (non-hydrogen) atoms. The van der Waals surface area contributed by atoms with Crippen molar-refractivity contribution >= 4 is 17.4 Å². The van der Waals surface area contributed by atoms with Crippen LogP contribution in [0, 0.1) is 6.92 Å². The molecule has 7 nitrogen and oxygen atoms in total.